The molecule has 0 N–H and O–H groups in total. The highest BCUT2D eigenvalue weighted by Gasteiger charge is 2.25. The van der Waals surface area contributed by atoms with E-state index < -0.39 is 11.6 Å². The van der Waals surface area contributed by atoms with Crippen LogP contribution in [0, 0.1) is 5.92 Å². The maximum Gasteiger partial charge on any atom is 0.206 e. The van der Waals surface area contributed by atoms with Gasteiger partial charge >= 0.3 is 0 Å². The van der Waals surface area contributed by atoms with Crippen LogP contribution >= 0.6 is 0 Å². The lowest BCUT2D eigenvalue weighted by Crippen LogP contribution is -2.26. The van der Waals surface area contributed by atoms with Gasteiger partial charge in [-0.3, -0.25) is 14.4 Å². The number of carbonyl (C=O) groups excluding carboxylic acids is 3. The molecule has 3 nitrogen and oxygen atoms in total. The Labute approximate surface area is 114 Å². The Morgan fingerprint density at radius 1 is 1.11 bits per heavy atom. The minimum atomic E-state index is -0.554. The van der Waals surface area contributed by atoms with Crippen molar-refractivity contribution in [3.63, 3.8) is 0 Å². The van der Waals surface area contributed by atoms with E-state index in [0.29, 0.717) is 12.8 Å². The monoisotopic (exact) mass is 260 g/mol. The first-order chi connectivity index (χ1) is 9.04. The second kappa shape index (κ2) is 7.62. The van der Waals surface area contributed by atoms with E-state index in [2.05, 4.69) is 0 Å². The Balaban J connectivity index is 2.74. The van der Waals surface area contributed by atoms with Crippen molar-refractivity contribution in [2.45, 2.75) is 39.5 Å². The summed E-state index contributed by atoms with van der Waals surface area (Å²) in [6, 6.07) is 9.65. The summed E-state index contributed by atoms with van der Waals surface area (Å²) < 4.78 is 0. The zero-order valence-electron chi connectivity index (χ0n) is 11.5. The molecule has 1 aromatic rings. The molecule has 0 spiro atoms. The largest absolute Gasteiger partial charge is 0.300 e. The number of carbonyl (C=O) groups is 3. The van der Waals surface area contributed by atoms with Crippen LogP contribution in [0.3, 0.4) is 0 Å². The first-order valence-electron chi connectivity index (χ1n) is 6.65. The van der Waals surface area contributed by atoms with Crippen molar-refractivity contribution in [3.05, 3.63) is 35.9 Å². The van der Waals surface area contributed by atoms with Gasteiger partial charge in [0.05, 0.1) is 6.42 Å². The quantitative estimate of drug-likeness (QED) is 0.533. The Morgan fingerprint density at radius 3 is 2.26 bits per heavy atom. The lowest BCUT2D eigenvalue weighted by Gasteiger charge is -2.14. The van der Waals surface area contributed by atoms with Gasteiger partial charge in [-0.2, -0.15) is 0 Å². The normalized spacial score (nSPS) is 11.9. The van der Waals surface area contributed by atoms with Crippen molar-refractivity contribution in [1.82, 2.24) is 0 Å². The van der Waals surface area contributed by atoms with E-state index in [0.717, 1.165) is 12.0 Å². The molecule has 0 bridgehead atoms. The Bertz CT molecular complexity index is 448. The van der Waals surface area contributed by atoms with Crippen LogP contribution in [0.5, 0.6) is 0 Å². The molecule has 19 heavy (non-hydrogen) atoms. The van der Waals surface area contributed by atoms with Crippen LogP contribution < -0.4 is 0 Å². The molecule has 1 aromatic carbocycles. The van der Waals surface area contributed by atoms with E-state index in [-0.39, 0.29) is 18.1 Å². The zero-order chi connectivity index (χ0) is 14.3. The number of hydrogen-bond donors (Lipinski definition) is 0. The molecule has 0 saturated carbocycles. The van der Waals surface area contributed by atoms with E-state index >= 15 is 0 Å². The number of hydrogen-bond acceptors (Lipinski definition) is 3. The van der Waals surface area contributed by atoms with Crippen molar-refractivity contribution in [2.75, 3.05) is 0 Å². The molecule has 0 amide bonds. The summed E-state index contributed by atoms with van der Waals surface area (Å²) in [5, 5.41) is 0. The van der Waals surface area contributed by atoms with E-state index in [1.807, 2.05) is 37.3 Å². The summed E-state index contributed by atoms with van der Waals surface area (Å²) in [5.41, 5.74) is 1.05. The third-order valence-electron chi connectivity index (χ3n) is 3.02. The predicted octanol–water partition coefficient (Wildman–Crippen LogP) is 2.76. The van der Waals surface area contributed by atoms with Gasteiger partial charge in [0.1, 0.15) is 5.78 Å². The topological polar surface area (TPSA) is 51.2 Å². The number of benzene rings is 1. The SMILES string of the molecule is CCCC(Cc1ccccc1)C(=O)C(=O)CC(C)=O. The molecule has 0 radical (unpaired) electrons. The van der Waals surface area contributed by atoms with Crippen molar-refractivity contribution in [1.29, 1.82) is 0 Å². The molecule has 0 heterocycles. The maximum absolute atomic E-state index is 12.1. The van der Waals surface area contributed by atoms with Crippen molar-refractivity contribution < 1.29 is 14.4 Å². The van der Waals surface area contributed by atoms with Gasteiger partial charge in [0, 0.05) is 5.92 Å². The molecule has 3 heteroatoms. The third kappa shape index (κ3) is 5.16. The third-order valence-corrected chi connectivity index (χ3v) is 3.02. The molecule has 0 fully saturated rings. The Hall–Kier alpha value is -1.77. The van der Waals surface area contributed by atoms with Crippen molar-refractivity contribution in [3.8, 4) is 0 Å². The smallest absolute Gasteiger partial charge is 0.206 e. The molecule has 0 aliphatic carbocycles. The number of ketones is 3. The summed E-state index contributed by atoms with van der Waals surface area (Å²) in [4.78, 5) is 34.7. The maximum atomic E-state index is 12.1. The zero-order valence-corrected chi connectivity index (χ0v) is 11.5. The molecule has 0 aliphatic heterocycles. The van der Waals surface area contributed by atoms with Crippen LogP contribution in [0.15, 0.2) is 30.3 Å². The average Bonchev–Trinajstić information content (AvgIpc) is 2.38. The van der Waals surface area contributed by atoms with Crippen LogP contribution in [0.25, 0.3) is 0 Å². The van der Waals surface area contributed by atoms with E-state index in [1.165, 1.54) is 6.92 Å². The minimum Gasteiger partial charge on any atom is -0.300 e. The van der Waals surface area contributed by atoms with E-state index in [9.17, 15) is 14.4 Å². The molecule has 0 aliphatic rings. The summed E-state index contributed by atoms with van der Waals surface area (Å²) in [6.45, 7) is 3.32. The molecule has 1 atom stereocenters. The summed E-state index contributed by atoms with van der Waals surface area (Å²) in [6.07, 6.45) is 1.82. The predicted molar refractivity (Wildman–Crippen MR) is 73.9 cm³/mol. The first-order valence-corrected chi connectivity index (χ1v) is 6.65. The van der Waals surface area contributed by atoms with Gasteiger partial charge in [-0.1, -0.05) is 43.7 Å². The summed E-state index contributed by atoms with van der Waals surface area (Å²) >= 11 is 0. The summed E-state index contributed by atoms with van der Waals surface area (Å²) in [7, 11) is 0. The van der Waals surface area contributed by atoms with Gasteiger partial charge in [-0.15, -0.1) is 0 Å². The molecule has 0 saturated heterocycles. The summed E-state index contributed by atoms with van der Waals surface area (Å²) in [5.74, 6) is -1.52. The van der Waals surface area contributed by atoms with Crippen molar-refractivity contribution in [2.24, 2.45) is 5.92 Å². The molecular weight excluding hydrogens is 240 g/mol. The second-order valence-electron chi connectivity index (χ2n) is 4.84. The highest BCUT2D eigenvalue weighted by Crippen LogP contribution is 2.16. The molecule has 1 unspecified atom stereocenters. The van der Waals surface area contributed by atoms with Crippen LogP contribution in [0.4, 0.5) is 0 Å². The molecule has 102 valence electrons. The van der Waals surface area contributed by atoms with Gasteiger partial charge in [0.25, 0.3) is 0 Å². The first kappa shape index (κ1) is 15.3. The Morgan fingerprint density at radius 2 is 1.74 bits per heavy atom. The van der Waals surface area contributed by atoms with E-state index in [1.54, 1.807) is 0 Å². The fourth-order valence-corrected chi connectivity index (χ4v) is 2.11. The minimum absolute atomic E-state index is 0.256. The van der Waals surface area contributed by atoms with Gasteiger partial charge in [0.15, 0.2) is 0 Å². The molecule has 1 rings (SSSR count). The lowest BCUT2D eigenvalue weighted by atomic mass is 9.88. The highest BCUT2D eigenvalue weighted by atomic mass is 16.2. The van der Waals surface area contributed by atoms with E-state index in [4.69, 9.17) is 0 Å². The van der Waals surface area contributed by atoms with Crippen LogP contribution in [0.1, 0.15) is 38.7 Å². The van der Waals surface area contributed by atoms with Crippen molar-refractivity contribution >= 4 is 17.3 Å². The standard InChI is InChI=1S/C16H20O3/c1-3-7-14(11-13-8-5-4-6-9-13)16(19)15(18)10-12(2)17/h4-6,8-9,14H,3,7,10-11H2,1-2H3. The lowest BCUT2D eigenvalue weighted by molar-refractivity contribution is -0.140. The average molecular weight is 260 g/mol. The fourth-order valence-electron chi connectivity index (χ4n) is 2.11. The van der Waals surface area contributed by atoms with Gasteiger partial charge in [0.2, 0.25) is 11.6 Å². The van der Waals surface area contributed by atoms with Gasteiger partial charge in [-0.05, 0) is 25.3 Å². The fraction of sp³-hybridized carbons (Fsp3) is 0.438. The van der Waals surface area contributed by atoms with Crippen LogP contribution in [0.2, 0.25) is 0 Å². The Kier molecular flexibility index (Phi) is 6.13. The number of Topliss-reactive ketones (excluding diaryl/α,β-unsaturated/α-hetero) is 3. The highest BCUT2D eigenvalue weighted by molar-refractivity contribution is 6.40. The van der Waals surface area contributed by atoms with Crippen LogP contribution in [-0.4, -0.2) is 17.3 Å². The molecule has 0 aromatic heterocycles. The second-order valence-corrected chi connectivity index (χ2v) is 4.84. The van der Waals surface area contributed by atoms with Gasteiger partial charge < -0.3 is 0 Å². The van der Waals surface area contributed by atoms with Crippen LogP contribution in [-0.2, 0) is 20.8 Å². The molecular formula is C16H20O3. The number of rotatable bonds is 8. The van der Waals surface area contributed by atoms with Gasteiger partial charge in [-0.25, -0.2) is 0 Å².